The normalized spacial score (nSPS) is 18.1. The van der Waals surface area contributed by atoms with Crippen LogP contribution in [0.3, 0.4) is 0 Å². The van der Waals surface area contributed by atoms with Gasteiger partial charge in [-0.3, -0.25) is 9.69 Å². The number of carbonyl (C=O) groups excluding carboxylic acids is 1. The summed E-state index contributed by atoms with van der Waals surface area (Å²) in [6.07, 6.45) is 0. The van der Waals surface area contributed by atoms with Gasteiger partial charge in [-0.1, -0.05) is 6.07 Å². The maximum atomic E-state index is 12.0. The summed E-state index contributed by atoms with van der Waals surface area (Å²) in [5.41, 5.74) is 5.10. The first-order valence-electron chi connectivity index (χ1n) is 6.30. The number of carbonyl (C=O) groups is 1. The van der Waals surface area contributed by atoms with Crippen LogP contribution >= 0.6 is 11.3 Å². The standard InChI is InChI=1S/C13H21N3OS/c1-13(2,14)12(17)16-7-5-15(6-8-16)10-11-4-3-9-18-11/h3-4,9H,5-8,10,14H2,1-2H3. The van der Waals surface area contributed by atoms with Crippen LogP contribution in [0.25, 0.3) is 0 Å². The Bertz CT molecular complexity index is 389. The van der Waals surface area contributed by atoms with Gasteiger partial charge in [-0.2, -0.15) is 0 Å². The van der Waals surface area contributed by atoms with E-state index in [1.807, 2.05) is 4.90 Å². The van der Waals surface area contributed by atoms with Crippen molar-refractivity contribution in [2.75, 3.05) is 26.2 Å². The van der Waals surface area contributed by atoms with E-state index in [1.165, 1.54) is 4.88 Å². The van der Waals surface area contributed by atoms with Crippen molar-refractivity contribution in [3.05, 3.63) is 22.4 Å². The lowest BCUT2D eigenvalue weighted by atomic mass is 10.0. The molecule has 1 aliphatic rings. The van der Waals surface area contributed by atoms with Gasteiger partial charge in [0.05, 0.1) is 5.54 Å². The van der Waals surface area contributed by atoms with Crippen LogP contribution in [0.4, 0.5) is 0 Å². The topological polar surface area (TPSA) is 49.6 Å². The SMILES string of the molecule is CC(C)(N)C(=O)N1CCN(Cc2cccs2)CC1. The average Bonchev–Trinajstić information content (AvgIpc) is 2.81. The fourth-order valence-electron chi connectivity index (χ4n) is 2.14. The quantitative estimate of drug-likeness (QED) is 0.893. The minimum Gasteiger partial charge on any atom is -0.339 e. The number of amides is 1. The highest BCUT2D eigenvalue weighted by molar-refractivity contribution is 7.09. The molecule has 1 saturated heterocycles. The first-order chi connectivity index (χ1) is 8.47. The van der Waals surface area contributed by atoms with Crippen molar-refractivity contribution < 1.29 is 4.79 Å². The first kappa shape index (κ1) is 13.5. The van der Waals surface area contributed by atoms with E-state index >= 15 is 0 Å². The van der Waals surface area contributed by atoms with Crippen molar-refractivity contribution >= 4 is 17.2 Å². The van der Waals surface area contributed by atoms with Gasteiger partial charge in [-0.15, -0.1) is 11.3 Å². The van der Waals surface area contributed by atoms with Gasteiger partial charge in [-0.05, 0) is 25.3 Å². The summed E-state index contributed by atoms with van der Waals surface area (Å²) in [5.74, 6) is 0.0540. The second-order valence-electron chi connectivity index (χ2n) is 5.37. The molecule has 1 aliphatic heterocycles. The molecule has 2 rings (SSSR count). The van der Waals surface area contributed by atoms with Crippen molar-refractivity contribution in [3.8, 4) is 0 Å². The van der Waals surface area contributed by atoms with E-state index in [0.717, 1.165) is 32.7 Å². The highest BCUT2D eigenvalue weighted by atomic mass is 32.1. The molecule has 1 aromatic rings. The molecule has 0 radical (unpaired) electrons. The van der Waals surface area contributed by atoms with Gasteiger partial charge >= 0.3 is 0 Å². The summed E-state index contributed by atoms with van der Waals surface area (Å²) >= 11 is 1.79. The molecule has 2 heterocycles. The summed E-state index contributed by atoms with van der Waals surface area (Å²) in [7, 11) is 0. The van der Waals surface area contributed by atoms with E-state index in [9.17, 15) is 4.79 Å². The minimum atomic E-state index is -0.754. The molecule has 5 heteroatoms. The van der Waals surface area contributed by atoms with E-state index in [4.69, 9.17) is 5.73 Å². The highest BCUT2D eigenvalue weighted by Crippen LogP contribution is 2.14. The third-order valence-electron chi connectivity index (χ3n) is 3.17. The molecule has 2 N–H and O–H groups in total. The molecule has 0 spiro atoms. The Morgan fingerprint density at radius 1 is 1.39 bits per heavy atom. The van der Waals surface area contributed by atoms with Gasteiger partial charge in [0.15, 0.2) is 0 Å². The van der Waals surface area contributed by atoms with Crippen LogP contribution in [0.5, 0.6) is 0 Å². The molecule has 100 valence electrons. The summed E-state index contributed by atoms with van der Waals surface area (Å²) in [6, 6.07) is 4.24. The fourth-order valence-corrected chi connectivity index (χ4v) is 2.89. The molecule has 1 aromatic heterocycles. The van der Waals surface area contributed by atoms with Gasteiger partial charge in [0.25, 0.3) is 0 Å². The highest BCUT2D eigenvalue weighted by Gasteiger charge is 2.30. The van der Waals surface area contributed by atoms with E-state index in [-0.39, 0.29) is 5.91 Å². The summed E-state index contributed by atoms with van der Waals surface area (Å²) in [4.78, 5) is 17.7. The molecular formula is C13H21N3OS. The van der Waals surface area contributed by atoms with Crippen LogP contribution < -0.4 is 5.73 Å². The number of piperazine rings is 1. The molecule has 1 amide bonds. The Labute approximate surface area is 112 Å². The smallest absolute Gasteiger partial charge is 0.242 e. The van der Waals surface area contributed by atoms with Gasteiger partial charge < -0.3 is 10.6 Å². The molecule has 0 aromatic carbocycles. The van der Waals surface area contributed by atoms with Crippen LogP contribution in [0.15, 0.2) is 17.5 Å². The van der Waals surface area contributed by atoms with Gasteiger partial charge in [0.1, 0.15) is 0 Å². The predicted molar refractivity (Wildman–Crippen MR) is 74.4 cm³/mol. The number of hydrogen-bond donors (Lipinski definition) is 1. The molecular weight excluding hydrogens is 246 g/mol. The number of thiophene rings is 1. The van der Waals surface area contributed by atoms with Crippen LogP contribution in [0, 0.1) is 0 Å². The lowest BCUT2D eigenvalue weighted by Gasteiger charge is -2.37. The molecule has 0 atom stereocenters. The van der Waals surface area contributed by atoms with Crippen molar-refractivity contribution in [1.29, 1.82) is 0 Å². The molecule has 0 unspecified atom stereocenters. The number of hydrogen-bond acceptors (Lipinski definition) is 4. The van der Waals surface area contributed by atoms with Crippen molar-refractivity contribution in [2.45, 2.75) is 25.9 Å². The summed E-state index contributed by atoms with van der Waals surface area (Å²) < 4.78 is 0. The van der Waals surface area contributed by atoms with Crippen LogP contribution in [0.2, 0.25) is 0 Å². The Morgan fingerprint density at radius 3 is 2.56 bits per heavy atom. The van der Waals surface area contributed by atoms with Crippen LogP contribution in [-0.4, -0.2) is 47.4 Å². The zero-order valence-corrected chi connectivity index (χ0v) is 11.9. The Hall–Kier alpha value is -0.910. The molecule has 0 aliphatic carbocycles. The molecule has 0 saturated carbocycles. The van der Waals surface area contributed by atoms with Crippen molar-refractivity contribution in [2.24, 2.45) is 5.73 Å². The Kier molecular flexibility index (Phi) is 4.04. The maximum Gasteiger partial charge on any atom is 0.242 e. The van der Waals surface area contributed by atoms with E-state index in [2.05, 4.69) is 22.4 Å². The Morgan fingerprint density at radius 2 is 2.06 bits per heavy atom. The lowest BCUT2D eigenvalue weighted by Crippen LogP contribution is -2.56. The summed E-state index contributed by atoms with van der Waals surface area (Å²) in [6.45, 7) is 7.96. The third kappa shape index (κ3) is 3.31. The van der Waals surface area contributed by atoms with Gasteiger partial charge in [0.2, 0.25) is 5.91 Å². The van der Waals surface area contributed by atoms with Crippen molar-refractivity contribution in [1.82, 2.24) is 9.80 Å². The largest absolute Gasteiger partial charge is 0.339 e. The summed E-state index contributed by atoms with van der Waals surface area (Å²) in [5, 5.41) is 2.10. The van der Waals surface area contributed by atoms with Crippen molar-refractivity contribution in [3.63, 3.8) is 0 Å². The second kappa shape index (κ2) is 5.38. The predicted octanol–water partition coefficient (Wildman–Crippen LogP) is 1.13. The molecule has 0 bridgehead atoms. The van der Waals surface area contributed by atoms with E-state index in [1.54, 1.807) is 25.2 Å². The monoisotopic (exact) mass is 267 g/mol. The lowest BCUT2D eigenvalue weighted by molar-refractivity contribution is -0.137. The Balaban J connectivity index is 1.83. The van der Waals surface area contributed by atoms with Gasteiger partial charge in [-0.25, -0.2) is 0 Å². The van der Waals surface area contributed by atoms with Gasteiger partial charge in [0, 0.05) is 37.6 Å². The number of nitrogens with zero attached hydrogens (tertiary/aromatic N) is 2. The molecule has 4 nitrogen and oxygen atoms in total. The minimum absolute atomic E-state index is 0.0540. The van der Waals surface area contributed by atoms with E-state index < -0.39 is 5.54 Å². The number of nitrogens with two attached hydrogens (primary N) is 1. The van der Waals surface area contributed by atoms with E-state index in [0.29, 0.717) is 0 Å². The fraction of sp³-hybridized carbons (Fsp3) is 0.615. The second-order valence-corrected chi connectivity index (χ2v) is 6.40. The average molecular weight is 267 g/mol. The zero-order chi connectivity index (χ0) is 13.2. The molecule has 18 heavy (non-hydrogen) atoms. The first-order valence-corrected chi connectivity index (χ1v) is 7.18. The number of rotatable bonds is 3. The van der Waals surface area contributed by atoms with Crippen LogP contribution in [0.1, 0.15) is 18.7 Å². The maximum absolute atomic E-state index is 12.0. The third-order valence-corrected chi connectivity index (χ3v) is 4.03. The van der Waals surface area contributed by atoms with Crippen LogP contribution in [-0.2, 0) is 11.3 Å². The zero-order valence-electron chi connectivity index (χ0n) is 11.1. The molecule has 1 fully saturated rings.